The minimum Gasteiger partial charge on any atom is -0.396 e. The molecular formula is C21H22N4O2S. The third-order valence-electron chi connectivity index (χ3n) is 5.05. The normalized spacial score (nSPS) is 14.5. The van der Waals surface area contributed by atoms with Gasteiger partial charge < -0.3 is 15.3 Å². The van der Waals surface area contributed by atoms with Crippen LogP contribution in [0, 0.1) is 0 Å². The number of rotatable bonds is 6. The maximum atomic E-state index is 12.0. The second-order valence-corrected chi connectivity index (χ2v) is 7.82. The third kappa shape index (κ3) is 3.50. The second kappa shape index (κ2) is 8.08. The van der Waals surface area contributed by atoms with Gasteiger partial charge in [0.1, 0.15) is 17.0 Å². The number of aromatic nitrogens is 2. The fourth-order valence-electron chi connectivity index (χ4n) is 3.66. The number of carbonyl (C=O) groups is 1. The van der Waals surface area contributed by atoms with Gasteiger partial charge in [-0.3, -0.25) is 4.79 Å². The van der Waals surface area contributed by atoms with Crippen molar-refractivity contribution in [2.75, 3.05) is 18.5 Å². The Balaban J connectivity index is 1.69. The van der Waals surface area contributed by atoms with Gasteiger partial charge in [-0.05, 0) is 30.0 Å². The molecule has 0 bridgehead atoms. The number of hydrogen-bond acceptors (Lipinski definition) is 6. The highest BCUT2D eigenvalue weighted by atomic mass is 32.1. The standard InChI is InChI=1S/C21H22N4O2S/c1-2-18(27)25-10-8-15-17(12-25)28-21-19(15)20(22-13-23-21)24-16(9-11-26)14-6-4-3-5-7-14/h2-7,13,16,26H,1,8-12H2,(H,22,23,24). The molecule has 6 nitrogen and oxygen atoms in total. The predicted octanol–water partition coefficient (Wildman–Crippen LogP) is 3.30. The number of carbonyl (C=O) groups excluding carboxylic acids is 1. The van der Waals surface area contributed by atoms with E-state index < -0.39 is 0 Å². The average Bonchev–Trinajstić information content (AvgIpc) is 3.12. The van der Waals surface area contributed by atoms with Crippen molar-refractivity contribution in [2.24, 2.45) is 0 Å². The smallest absolute Gasteiger partial charge is 0.246 e. The molecule has 0 saturated carbocycles. The lowest BCUT2D eigenvalue weighted by molar-refractivity contribution is -0.126. The summed E-state index contributed by atoms with van der Waals surface area (Å²) >= 11 is 1.61. The molecule has 7 heteroatoms. The highest BCUT2D eigenvalue weighted by molar-refractivity contribution is 7.19. The number of hydrogen-bond donors (Lipinski definition) is 2. The van der Waals surface area contributed by atoms with Crippen molar-refractivity contribution in [2.45, 2.75) is 25.4 Å². The van der Waals surface area contributed by atoms with Crippen molar-refractivity contribution in [3.8, 4) is 0 Å². The van der Waals surface area contributed by atoms with E-state index in [-0.39, 0.29) is 18.6 Å². The van der Waals surface area contributed by atoms with Crippen LogP contribution in [-0.4, -0.2) is 39.0 Å². The second-order valence-electron chi connectivity index (χ2n) is 6.74. The Labute approximate surface area is 167 Å². The lowest BCUT2D eigenvalue weighted by atomic mass is 10.0. The van der Waals surface area contributed by atoms with E-state index in [2.05, 4.69) is 21.9 Å². The first-order chi connectivity index (χ1) is 13.7. The number of benzene rings is 1. The van der Waals surface area contributed by atoms with Gasteiger partial charge in [0.15, 0.2) is 0 Å². The van der Waals surface area contributed by atoms with E-state index in [1.807, 2.05) is 35.2 Å². The summed E-state index contributed by atoms with van der Waals surface area (Å²) in [6, 6.07) is 10.0. The van der Waals surface area contributed by atoms with Crippen molar-refractivity contribution >= 4 is 33.3 Å². The van der Waals surface area contributed by atoms with E-state index >= 15 is 0 Å². The molecular weight excluding hydrogens is 372 g/mol. The molecule has 1 atom stereocenters. The van der Waals surface area contributed by atoms with E-state index in [4.69, 9.17) is 0 Å². The third-order valence-corrected chi connectivity index (χ3v) is 6.18. The molecule has 3 aromatic rings. The van der Waals surface area contributed by atoms with Gasteiger partial charge in [0.25, 0.3) is 0 Å². The lowest BCUT2D eigenvalue weighted by Crippen LogP contribution is -2.34. The molecule has 0 radical (unpaired) electrons. The minimum atomic E-state index is -0.0420. The number of anilines is 1. The molecule has 1 aliphatic heterocycles. The maximum absolute atomic E-state index is 12.0. The van der Waals surface area contributed by atoms with Gasteiger partial charge in [0, 0.05) is 18.0 Å². The lowest BCUT2D eigenvalue weighted by Gasteiger charge is -2.26. The van der Waals surface area contributed by atoms with Crippen LogP contribution in [0.5, 0.6) is 0 Å². The minimum absolute atomic E-state index is 0.0396. The van der Waals surface area contributed by atoms with Gasteiger partial charge in [-0.2, -0.15) is 0 Å². The highest BCUT2D eigenvalue weighted by Gasteiger charge is 2.26. The summed E-state index contributed by atoms with van der Waals surface area (Å²) in [7, 11) is 0. The number of nitrogens with one attached hydrogen (secondary N) is 1. The van der Waals surface area contributed by atoms with Crippen molar-refractivity contribution in [1.82, 2.24) is 14.9 Å². The molecule has 0 fully saturated rings. The Morgan fingerprint density at radius 1 is 1.36 bits per heavy atom. The van der Waals surface area contributed by atoms with Crippen molar-refractivity contribution in [3.05, 3.63) is 65.3 Å². The van der Waals surface area contributed by atoms with Gasteiger partial charge >= 0.3 is 0 Å². The maximum Gasteiger partial charge on any atom is 0.246 e. The first-order valence-corrected chi connectivity index (χ1v) is 10.1. The summed E-state index contributed by atoms with van der Waals surface area (Å²) in [5.41, 5.74) is 2.32. The Kier molecular flexibility index (Phi) is 5.36. The molecule has 1 amide bonds. The van der Waals surface area contributed by atoms with E-state index in [0.717, 1.165) is 32.9 Å². The summed E-state index contributed by atoms with van der Waals surface area (Å²) < 4.78 is 0. The molecule has 0 saturated heterocycles. The summed E-state index contributed by atoms with van der Waals surface area (Å²) in [4.78, 5) is 24.8. The number of fused-ring (bicyclic) bond motifs is 3. The van der Waals surface area contributed by atoms with Crippen LogP contribution in [0.4, 0.5) is 5.82 Å². The molecule has 1 aromatic carbocycles. The van der Waals surface area contributed by atoms with Crippen LogP contribution in [0.1, 0.15) is 28.5 Å². The Morgan fingerprint density at radius 2 is 2.18 bits per heavy atom. The van der Waals surface area contributed by atoms with E-state index in [1.54, 1.807) is 17.7 Å². The topological polar surface area (TPSA) is 78.4 Å². The molecule has 4 rings (SSSR count). The fraction of sp³-hybridized carbons (Fsp3) is 0.286. The largest absolute Gasteiger partial charge is 0.396 e. The van der Waals surface area contributed by atoms with Crippen molar-refractivity contribution < 1.29 is 9.90 Å². The molecule has 144 valence electrons. The van der Waals surface area contributed by atoms with Crippen LogP contribution in [-0.2, 0) is 17.8 Å². The summed E-state index contributed by atoms with van der Waals surface area (Å²) in [5.74, 6) is 0.743. The average molecular weight is 395 g/mol. The fourth-order valence-corrected chi connectivity index (χ4v) is 4.86. The first-order valence-electron chi connectivity index (χ1n) is 9.30. The highest BCUT2D eigenvalue weighted by Crippen LogP contribution is 2.38. The summed E-state index contributed by atoms with van der Waals surface area (Å²) in [5, 5.41) is 14.1. The van der Waals surface area contributed by atoms with Crippen LogP contribution >= 0.6 is 11.3 Å². The van der Waals surface area contributed by atoms with Gasteiger partial charge in [0.05, 0.1) is 18.0 Å². The van der Waals surface area contributed by atoms with Crippen molar-refractivity contribution in [1.29, 1.82) is 0 Å². The molecule has 3 heterocycles. The van der Waals surface area contributed by atoms with Crippen LogP contribution in [0.15, 0.2) is 49.3 Å². The SMILES string of the molecule is C=CC(=O)N1CCc2c(sc3ncnc(NC(CCO)c4ccccc4)c23)C1. The van der Waals surface area contributed by atoms with Gasteiger partial charge in [-0.25, -0.2) is 9.97 Å². The molecule has 2 N–H and O–H groups in total. The Hall–Kier alpha value is -2.77. The van der Waals surface area contributed by atoms with Crippen LogP contribution in [0.3, 0.4) is 0 Å². The zero-order valence-electron chi connectivity index (χ0n) is 15.5. The molecule has 1 aliphatic rings. The number of thiophene rings is 1. The monoisotopic (exact) mass is 394 g/mol. The summed E-state index contributed by atoms with van der Waals surface area (Å²) in [6.07, 6.45) is 4.29. The van der Waals surface area contributed by atoms with E-state index in [1.165, 1.54) is 11.6 Å². The molecule has 2 aromatic heterocycles. The van der Waals surface area contributed by atoms with Crippen molar-refractivity contribution in [3.63, 3.8) is 0 Å². The number of aliphatic hydroxyl groups is 1. The molecule has 28 heavy (non-hydrogen) atoms. The predicted molar refractivity (Wildman–Crippen MR) is 111 cm³/mol. The quantitative estimate of drug-likeness (QED) is 0.627. The van der Waals surface area contributed by atoms with Crippen LogP contribution in [0.25, 0.3) is 10.2 Å². The summed E-state index contributed by atoms with van der Waals surface area (Å²) in [6.45, 7) is 4.92. The number of amides is 1. The molecule has 1 unspecified atom stereocenters. The first kappa shape index (κ1) is 18.6. The number of aliphatic hydroxyl groups excluding tert-OH is 1. The Bertz CT molecular complexity index is 1000. The molecule has 0 spiro atoms. The van der Waals surface area contributed by atoms with E-state index in [0.29, 0.717) is 19.5 Å². The van der Waals surface area contributed by atoms with Gasteiger partial charge in [-0.1, -0.05) is 36.9 Å². The van der Waals surface area contributed by atoms with E-state index in [9.17, 15) is 9.90 Å². The molecule has 0 aliphatic carbocycles. The van der Waals surface area contributed by atoms with Crippen LogP contribution < -0.4 is 5.32 Å². The zero-order valence-corrected chi connectivity index (χ0v) is 16.3. The Morgan fingerprint density at radius 3 is 2.93 bits per heavy atom. The van der Waals surface area contributed by atoms with Gasteiger partial charge in [0.2, 0.25) is 5.91 Å². The zero-order chi connectivity index (χ0) is 19.5. The number of nitrogens with zero attached hydrogens (tertiary/aromatic N) is 3. The van der Waals surface area contributed by atoms with Crippen LogP contribution in [0.2, 0.25) is 0 Å². The van der Waals surface area contributed by atoms with Gasteiger partial charge in [-0.15, -0.1) is 11.3 Å².